The van der Waals surface area contributed by atoms with Crippen LogP contribution >= 0.6 is 0 Å². The molecule has 1 heterocycles. The van der Waals surface area contributed by atoms with E-state index in [0.717, 1.165) is 19.3 Å². The van der Waals surface area contributed by atoms with Crippen LogP contribution in [0.4, 0.5) is 0 Å². The number of carbonyl (C=O) groups is 4. The van der Waals surface area contributed by atoms with E-state index in [2.05, 4.69) is 6.92 Å². The highest BCUT2D eigenvalue weighted by Gasteiger charge is 2.48. The third-order valence-electron chi connectivity index (χ3n) is 5.84. The number of aliphatic carboxylic acids is 1. The van der Waals surface area contributed by atoms with Crippen molar-refractivity contribution in [3.05, 3.63) is 0 Å². The minimum absolute atomic E-state index is 0.246. The van der Waals surface area contributed by atoms with Crippen molar-refractivity contribution >= 4 is 23.7 Å². The molecule has 1 rings (SSSR count). The summed E-state index contributed by atoms with van der Waals surface area (Å²) in [7, 11) is 0. The first-order valence-corrected chi connectivity index (χ1v) is 12.8. The smallest absolute Gasteiger partial charge is 0.344 e. The van der Waals surface area contributed by atoms with Crippen LogP contribution in [0, 0.1) is 0 Å². The minimum Gasteiger partial charge on any atom is -0.481 e. The highest BCUT2D eigenvalue weighted by atomic mass is 16.6. The lowest BCUT2D eigenvalue weighted by atomic mass is 10.0. The summed E-state index contributed by atoms with van der Waals surface area (Å²) < 4.78 is 15.0. The van der Waals surface area contributed by atoms with Gasteiger partial charge in [-0.05, 0) is 6.42 Å². The Morgan fingerprint density at radius 2 is 1.41 bits per heavy atom. The van der Waals surface area contributed by atoms with Gasteiger partial charge in [-0.3, -0.25) is 14.4 Å². The molecule has 3 atom stereocenters. The minimum atomic E-state index is -1.53. The highest BCUT2D eigenvalue weighted by Crippen LogP contribution is 2.19. The number of carbonyl (C=O) groups excluding carboxylic acids is 3. The van der Waals surface area contributed by atoms with Crippen LogP contribution in [0.25, 0.3) is 0 Å². The van der Waals surface area contributed by atoms with Crippen LogP contribution < -0.4 is 0 Å². The number of rotatable bonds is 21. The zero-order chi connectivity index (χ0) is 25.2. The monoisotopic (exact) mass is 486 g/mol. The molecular formula is C25H42O9. The predicted octanol–water partition coefficient (Wildman–Crippen LogP) is 3.73. The molecule has 2 N–H and O–H groups in total. The number of hydrogen-bond acceptors (Lipinski definition) is 8. The Labute approximate surface area is 202 Å². The second-order valence-corrected chi connectivity index (χ2v) is 8.90. The van der Waals surface area contributed by atoms with E-state index in [0.29, 0.717) is 0 Å². The molecule has 0 aliphatic carbocycles. The van der Waals surface area contributed by atoms with E-state index >= 15 is 0 Å². The van der Waals surface area contributed by atoms with Crippen LogP contribution in [0.5, 0.6) is 0 Å². The fourth-order valence-corrected chi connectivity index (χ4v) is 3.80. The van der Waals surface area contributed by atoms with E-state index in [4.69, 9.17) is 19.3 Å². The molecule has 0 amide bonds. The molecule has 1 fully saturated rings. The van der Waals surface area contributed by atoms with Crippen molar-refractivity contribution in [1.82, 2.24) is 0 Å². The molecule has 9 nitrogen and oxygen atoms in total. The molecule has 1 aliphatic heterocycles. The van der Waals surface area contributed by atoms with E-state index in [-0.39, 0.29) is 13.0 Å². The number of hydrogen-bond donors (Lipinski definition) is 2. The van der Waals surface area contributed by atoms with E-state index in [9.17, 15) is 24.3 Å². The molecule has 0 radical (unpaired) electrons. The molecule has 1 saturated heterocycles. The molecule has 0 saturated carbocycles. The van der Waals surface area contributed by atoms with Gasteiger partial charge in [0.05, 0.1) is 12.8 Å². The first kappa shape index (κ1) is 30.0. The first-order valence-electron chi connectivity index (χ1n) is 12.8. The number of cyclic esters (lactones) is 1. The molecule has 9 heteroatoms. The van der Waals surface area contributed by atoms with Crippen molar-refractivity contribution in [2.45, 2.75) is 122 Å². The average Bonchev–Trinajstić information content (AvgIpc) is 3.09. The zero-order valence-corrected chi connectivity index (χ0v) is 20.5. The number of carboxylic acids is 1. The summed E-state index contributed by atoms with van der Waals surface area (Å²) in [5.41, 5.74) is 0. The van der Waals surface area contributed by atoms with E-state index < -0.39 is 55.0 Å². The van der Waals surface area contributed by atoms with Gasteiger partial charge in [0.2, 0.25) is 11.9 Å². The van der Waals surface area contributed by atoms with Crippen LogP contribution in [0.15, 0.2) is 0 Å². The fourth-order valence-electron chi connectivity index (χ4n) is 3.80. The molecule has 34 heavy (non-hydrogen) atoms. The van der Waals surface area contributed by atoms with Crippen molar-refractivity contribution in [3.63, 3.8) is 0 Å². The Bertz CT molecular complexity index is 620. The molecule has 0 aromatic rings. The van der Waals surface area contributed by atoms with Gasteiger partial charge in [-0.15, -0.1) is 0 Å². The van der Waals surface area contributed by atoms with Crippen molar-refractivity contribution < 1.29 is 43.6 Å². The summed E-state index contributed by atoms with van der Waals surface area (Å²) in [5, 5.41) is 18.6. The summed E-state index contributed by atoms with van der Waals surface area (Å²) in [5.74, 6) is -3.54. The van der Waals surface area contributed by atoms with Gasteiger partial charge in [0.25, 0.3) is 0 Å². The molecule has 196 valence electrons. The fraction of sp³-hybridized carbons (Fsp3) is 0.840. The van der Waals surface area contributed by atoms with Gasteiger partial charge >= 0.3 is 17.9 Å². The maximum absolute atomic E-state index is 12.3. The lowest BCUT2D eigenvalue weighted by Crippen LogP contribution is -2.38. The Balaban J connectivity index is 2.08. The molecule has 0 aromatic carbocycles. The number of ether oxygens (including phenoxy) is 3. The zero-order valence-electron chi connectivity index (χ0n) is 20.5. The van der Waals surface area contributed by atoms with Crippen LogP contribution in [0.2, 0.25) is 0 Å². The van der Waals surface area contributed by atoms with Gasteiger partial charge in [0, 0.05) is 6.61 Å². The lowest BCUT2D eigenvalue weighted by Gasteiger charge is -2.15. The summed E-state index contributed by atoms with van der Waals surface area (Å²) >= 11 is 0. The molecular weight excluding hydrogens is 444 g/mol. The van der Waals surface area contributed by atoms with Crippen LogP contribution in [0.1, 0.15) is 103 Å². The number of unbranched alkanes of at least 4 members (excludes halogenated alkanes) is 12. The van der Waals surface area contributed by atoms with Gasteiger partial charge in [-0.1, -0.05) is 84.0 Å². The topological polar surface area (TPSA) is 136 Å². The summed E-state index contributed by atoms with van der Waals surface area (Å²) in [4.78, 5) is 46.1. The predicted molar refractivity (Wildman–Crippen MR) is 124 cm³/mol. The molecule has 1 aliphatic rings. The Morgan fingerprint density at radius 3 is 1.94 bits per heavy atom. The van der Waals surface area contributed by atoms with Gasteiger partial charge < -0.3 is 24.4 Å². The second kappa shape index (κ2) is 18.3. The van der Waals surface area contributed by atoms with Gasteiger partial charge in [-0.25, -0.2) is 4.79 Å². The lowest BCUT2D eigenvalue weighted by molar-refractivity contribution is -0.158. The third kappa shape index (κ3) is 13.0. The molecule has 0 bridgehead atoms. The Kier molecular flexibility index (Phi) is 16.2. The third-order valence-corrected chi connectivity index (χ3v) is 5.84. The standard InChI is InChI=1S/C25H42O9/c1-2-3-4-5-6-7-8-9-10-11-12-13-14-17-32-24-22(30)23(34-25(24)31)19(26)18-33-21(29)16-15-20(27)28/h19,23-24,26H,2-18H2,1H3,(H,27,28)/t19-,23+,24?/m0/s1. The van der Waals surface area contributed by atoms with Crippen molar-refractivity contribution in [3.8, 4) is 0 Å². The maximum Gasteiger partial charge on any atom is 0.344 e. The second-order valence-electron chi connectivity index (χ2n) is 8.90. The number of carboxylic acid groups (broad SMARTS) is 1. The SMILES string of the molecule is CCCCCCCCCCCCCCCOC1C(=O)O[C@H]([C@@H](O)COC(=O)CCC(=O)O)C1=O. The van der Waals surface area contributed by atoms with Gasteiger partial charge in [-0.2, -0.15) is 0 Å². The number of aliphatic hydroxyl groups is 1. The summed E-state index contributed by atoms with van der Waals surface area (Å²) in [6.45, 7) is 1.90. The molecule has 0 aromatic heterocycles. The molecule has 0 spiro atoms. The van der Waals surface area contributed by atoms with Crippen LogP contribution in [-0.2, 0) is 33.4 Å². The first-order chi connectivity index (χ1) is 16.4. The number of aliphatic hydroxyl groups excluding tert-OH is 1. The highest BCUT2D eigenvalue weighted by molar-refractivity contribution is 6.09. The number of esters is 2. The molecule has 1 unspecified atom stereocenters. The quantitative estimate of drug-likeness (QED) is 0.141. The van der Waals surface area contributed by atoms with Gasteiger partial charge in [0.15, 0.2) is 6.10 Å². The van der Waals surface area contributed by atoms with Crippen molar-refractivity contribution in [2.75, 3.05) is 13.2 Å². The van der Waals surface area contributed by atoms with E-state index in [1.165, 1.54) is 64.2 Å². The number of ketones is 1. The van der Waals surface area contributed by atoms with Crippen LogP contribution in [-0.4, -0.2) is 65.4 Å². The van der Waals surface area contributed by atoms with E-state index in [1.807, 2.05) is 0 Å². The largest absolute Gasteiger partial charge is 0.481 e. The van der Waals surface area contributed by atoms with Crippen LogP contribution in [0.3, 0.4) is 0 Å². The van der Waals surface area contributed by atoms with E-state index in [1.54, 1.807) is 0 Å². The maximum atomic E-state index is 12.3. The normalized spacial score (nSPS) is 18.6. The summed E-state index contributed by atoms with van der Waals surface area (Å²) in [6, 6.07) is 0. The van der Waals surface area contributed by atoms with Gasteiger partial charge in [0.1, 0.15) is 12.7 Å². The Morgan fingerprint density at radius 1 is 0.882 bits per heavy atom. The average molecular weight is 487 g/mol. The summed E-state index contributed by atoms with van der Waals surface area (Å²) in [6.07, 6.45) is 10.6. The Hall–Kier alpha value is -2.00. The van der Waals surface area contributed by atoms with Crippen molar-refractivity contribution in [2.24, 2.45) is 0 Å². The van der Waals surface area contributed by atoms with Crippen molar-refractivity contribution in [1.29, 1.82) is 0 Å². The number of Topliss-reactive ketones (excluding diaryl/α,β-unsaturated/α-hetero) is 1.